The second-order valence-corrected chi connectivity index (χ2v) is 7.89. The van der Waals surface area contributed by atoms with Gasteiger partial charge in [0, 0.05) is 16.9 Å². The number of nitrogens with two attached hydrogens (primary N) is 1. The highest BCUT2D eigenvalue weighted by Gasteiger charge is 2.28. The van der Waals surface area contributed by atoms with E-state index in [0.717, 1.165) is 47.4 Å². The summed E-state index contributed by atoms with van der Waals surface area (Å²) in [6, 6.07) is 13.8. The van der Waals surface area contributed by atoms with Crippen molar-refractivity contribution in [1.29, 1.82) is 0 Å². The van der Waals surface area contributed by atoms with E-state index < -0.39 is 0 Å². The topological polar surface area (TPSA) is 49.6 Å². The summed E-state index contributed by atoms with van der Waals surface area (Å²) in [6.45, 7) is 10.5. The molecule has 0 bridgehead atoms. The van der Waals surface area contributed by atoms with Crippen molar-refractivity contribution in [2.75, 3.05) is 9.80 Å². The van der Waals surface area contributed by atoms with Gasteiger partial charge >= 0.3 is 0 Å². The third kappa shape index (κ3) is 4.48. The van der Waals surface area contributed by atoms with Crippen LogP contribution in [0.4, 0.5) is 17.1 Å². The molecule has 2 rings (SSSR count). The summed E-state index contributed by atoms with van der Waals surface area (Å²) in [4.78, 5) is 15.6. The van der Waals surface area contributed by atoms with Crippen molar-refractivity contribution in [3.63, 3.8) is 0 Å². The molecule has 0 saturated carbocycles. The minimum absolute atomic E-state index is 0.245. The van der Waals surface area contributed by atoms with E-state index in [1.54, 1.807) is 4.90 Å². The Morgan fingerprint density at radius 2 is 1.56 bits per heavy atom. The molecule has 0 saturated heterocycles. The van der Waals surface area contributed by atoms with Crippen molar-refractivity contribution < 1.29 is 4.79 Å². The maximum atomic E-state index is 11.9. The minimum Gasteiger partial charge on any atom is -0.376 e. The molecule has 0 spiro atoms. The molecule has 4 nitrogen and oxygen atoms in total. The van der Waals surface area contributed by atoms with E-state index in [-0.39, 0.29) is 5.54 Å². The fourth-order valence-corrected chi connectivity index (χ4v) is 3.71. The van der Waals surface area contributed by atoms with Crippen LogP contribution in [-0.2, 0) is 17.6 Å². The van der Waals surface area contributed by atoms with Crippen LogP contribution in [0.1, 0.15) is 45.7 Å². The first-order valence-electron chi connectivity index (χ1n) is 9.29. The molecule has 2 N–H and O–H groups in total. The molecular formula is C22H29N3OS. The molecule has 0 aliphatic heterocycles. The first-order valence-corrected chi connectivity index (χ1v) is 9.70. The molecule has 2 aromatic rings. The molecule has 1 amide bonds. The molecule has 0 radical (unpaired) electrons. The average molecular weight is 384 g/mol. The highest BCUT2D eigenvalue weighted by atomic mass is 32.1. The Kier molecular flexibility index (Phi) is 6.60. The standard InChI is InChI=1S/C22H29N3OS/c1-6-16-13-19(24(15-26)18-11-9-8-10-12-18)14-17(7-2)20(16)25(21(23)27)22(3,4)5/h8-15H,6-7H2,1-5H3,(H2,23,27). The quantitative estimate of drug-likeness (QED) is 0.566. The largest absolute Gasteiger partial charge is 0.376 e. The van der Waals surface area contributed by atoms with Gasteiger partial charge in [0.15, 0.2) is 5.11 Å². The Balaban J connectivity index is 2.69. The lowest BCUT2D eigenvalue weighted by Crippen LogP contribution is -2.49. The molecule has 27 heavy (non-hydrogen) atoms. The summed E-state index contributed by atoms with van der Waals surface area (Å²) in [7, 11) is 0. The zero-order valence-corrected chi connectivity index (χ0v) is 17.6. The second kappa shape index (κ2) is 8.53. The molecule has 0 fully saturated rings. The zero-order chi connectivity index (χ0) is 20.2. The number of amides is 1. The Morgan fingerprint density at radius 1 is 1.04 bits per heavy atom. The van der Waals surface area contributed by atoms with Crippen molar-refractivity contribution in [3.8, 4) is 0 Å². The summed E-state index contributed by atoms with van der Waals surface area (Å²) in [5, 5.41) is 0.356. The molecule has 0 aromatic heterocycles. The van der Waals surface area contributed by atoms with E-state index in [1.165, 1.54) is 0 Å². The van der Waals surface area contributed by atoms with E-state index >= 15 is 0 Å². The van der Waals surface area contributed by atoms with Crippen molar-refractivity contribution in [3.05, 3.63) is 53.6 Å². The number of thiocarbonyl (C=S) groups is 1. The van der Waals surface area contributed by atoms with Crippen molar-refractivity contribution in [2.24, 2.45) is 5.73 Å². The van der Waals surface area contributed by atoms with Gasteiger partial charge in [0.1, 0.15) is 0 Å². The van der Waals surface area contributed by atoms with Gasteiger partial charge in [-0.25, -0.2) is 0 Å². The maximum Gasteiger partial charge on any atom is 0.218 e. The monoisotopic (exact) mass is 383 g/mol. The van der Waals surface area contributed by atoms with Gasteiger partial charge in [0.05, 0.1) is 5.69 Å². The number of aryl methyl sites for hydroxylation is 2. The normalized spacial score (nSPS) is 11.1. The predicted molar refractivity (Wildman–Crippen MR) is 119 cm³/mol. The molecule has 0 heterocycles. The van der Waals surface area contributed by atoms with Crippen LogP contribution in [0.2, 0.25) is 0 Å². The fraction of sp³-hybridized carbons (Fsp3) is 0.364. The number of benzene rings is 2. The SMILES string of the molecule is CCc1cc(N(C=O)c2ccccc2)cc(CC)c1N(C(N)=S)C(C)(C)C. The summed E-state index contributed by atoms with van der Waals surface area (Å²) in [5.41, 5.74) is 10.9. The molecular weight excluding hydrogens is 354 g/mol. The minimum atomic E-state index is -0.245. The highest BCUT2D eigenvalue weighted by Crippen LogP contribution is 2.37. The van der Waals surface area contributed by atoms with E-state index in [9.17, 15) is 4.79 Å². The number of carbonyl (C=O) groups is 1. The van der Waals surface area contributed by atoms with Crippen LogP contribution in [0, 0.1) is 0 Å². The van der Waals surface area contributed by atoms with Gasteiger partial charge in [-0.1, -0.05) is 32.0 Å². The summed E-state index contributed by atoms with van der Waals surface area (Å²) in [6.07, 6.45) is 2.48. The Bertz CT molecular complexity index is 787. The number of hydrogen-bond donors (Lipinski definition) is 1. The number of rotatable bonds is 6. The molecule has 0 aliphatic rings. The van der Waals surface area contributed by atoms with Crippen LogP contribution in [0.25, 0.3) is 0 Å². The van der Waals surface area contributed by atoms with Gasteiger partial charge in [-0.2, -0.15) is 0 Å². The summed E-state index contributed by atoms with van der Waals surface area (Å²) >= 11 is 5.38. The maximum absolute atomic E-state index is 11.9. The zero-order valence-electron chi connectivity index (χ0n) is 16.8. The second-order valence-electron chi connectivity index (χ2n) is 7.48. The van der Waals surface area contributed by atoms with Crippen molar-refractivity contribution >= 4 is 40.8 Å². The smallest absolute Gasteiger partial charge is 0.218 e. The van der Waals surface area contributed by atoms with Crippen molar-refractivity contribution in [2.45, 2.75) is 53.0 Å². The van der Waals surface area contributed by atoms with Gasteiger partial charge in [0.2, 0.25) is 6.41 Å². The van der Waals surface area contributed by atoms with Crippen molar-refractivity contribution in [1.82, 2.24) is 0 Å². The Labute approximate surface area is 168 Å². The molecule has 5 heteroatoms. The number of anilines is 3. The van der Waals surface area contributed by atoms with Crippen LogP contribution in [0.3, 0.4) is 0 Å². The van der Waals surface area contributed by atoms with E-state index in [1.807, 2.05) is 35.2 Å². The van der Waals surface area contributed by atoms with Gasteiger partial charge in [0.25, 0.3) is 0 Å². The Hall–Kier alpha value is -2.40. The number of hydrogen-bond acceptors (Lipinski definition) is 2. The number of carbonyl (C=O) groups excluding carboxylic acids is 1. The third-order valence-corrected chi connectivity index (χ3v) is 4.73. The Morgan fingerprint density at radius 3 is 1.93 bits per heavy atom. The number of nitrogens with zero attached hydrogens (tertiary/aromatic N) is 2. The first-order chi connectivity index (χ1) is 12.7. The molecule has 144 valence electrons. The lowest BCUT2D eigenvalue weighted by atomic mass is 9.96. The highest BCUT2D eigenvalue weighted by molar-refractivity contribution is 7.80. The van der Waals surface area contributed by atoms with Crippen LogP contribution >= 0.6 is 12.2 Å². The van der Waals surface area contributed by atoms with Gasteiger partial charge in [-0.15, -0.1) is 0 Å². The molecule has 2 aromatic carbocycles. The van der Waals surface area contributed by atoms with E-state index in [4.69, 9.17) is 18.0 Å². The summed E-state index contributed by atoms with van der Waals surface area (Å²) in [5.74, 6) is 0. The number of para-hydroxylation sites is 1. The van der Waals surface area contributed by atoms with Crippen LogP contribution in [0.5, 0.6) is 0 Å². The van der Waals surface area contributed by atoms with E-state index in [2.05, 4.69) is 46.8 Å². The van der Waals surface area contributed by atoms with Crippen LogP contribution in [-0.4, -0.2) is 17.1 Å². The van der Waals surface area contributed by atoms with Gasteiger partial charge < -0.3 is 10.6 Å². The first kappa shape index (κ1) is 20.9. The lowest BCUT2D eigenvalue weighted by Gasteiger charge is -2.39. The van der Waals surface area contributed by atoms with Gasteiger partial charge in [-0.3, -0.25) is 9.69 Å². The van der Waals surface area contributed by atoms with Crippen LogP contribution < -0.4 is 15.5 Å². The van der Waals surface area contributed by atoms with Crippen LogP contribution in [0.15, 0.2) is 42.5 Å². The molecule has 0 atom stereocenters. The lowest BCUT2D eigenvalue weighted by molar-refractivity contribution is -0.106. The predicted octanol–water partition coefficient (Wildman–Crippen LogP) is 4.95. The third-order valence-electron chi connectivity index (χ3n) is 4.55. The summed E-state index contributed by atoms with van der Waals surface area (Å²) < 4.78 is 0. The molecule has 0 unspecified atom stereocenters. The average Bonchev–Trinajstić information content (AvgIpc) is 2.62. The van der Waals surface area contributed by atoms with Gasteiger partial charge in [-0.05, 0) is 81.2 Å². The van der Waals surface area contributed by atoms with E-state index in [0.29, 0.717) is 5.11 Å². The fourth-order valence-electron chi connectivity index (χ4n) is 3.34. The molecule has 0 aliphatic carbocycles.